The maximum Gasteiger partial charge on any atom is 0.220 e. The Balaban J connectivity index is 1.28. The number of hydrogen-bond donors (Lipinski definition) is 2. The highest BCUT2D eigenvalue weighted by molar-refractivity contribution is 7.10. The SMILES string of the molecule is CCC(NC(=O)C[C@@H](C)C1CC[C@H]2[C@@H]3[C@H](O)C[C@@H]4CC(=O)CC[C@]4(C)[C@H]3CC[C@]12C)c1cccs1. The van der Waals surface area contributed by atoms with E-state index in [1.165, 1.54) is 30.6 Å². The molecule has 4 aliphatic rings. The van der Waals surface area contributed by atoms with Crippen molar-refractivity contribution in [2.24, 2.45) is 46.3 Å². The van der Waals surface area contributed by atoms with Gasteiger partial charge in [-0.25, -0.2) is 0 Å². The number of fused-ring (bicyclic) bond motifs is 5. The lowest BCUT2D eigenvalue weighted by Crippen LogP contribution is -2.58. The van der Waals surface area contributed by atoms with Crippen molar-refractivity contribution in [2.75, 3.05) is 0 Å². The number of ketones is 1. The molecule has 0 aliphatic heterocycles. The number of carbonyl (C=O) groups is 2. The van der Waals surface area contributed by atoms with Crippen LogP contribution in [0.2, 0.25) is 0 Å². The molecule has 1 aromatic rings. The number of hydrogen-bond acceptors (Lipinski definition) is 4. The summed E-state index contributed by atoms with van der Waals surface area (Å²) in [6.07, 6.45) is 9.17. The summed E-state index contributed by atoms with van der Waals surface area (Å²) >= 11 is 1.72. The van der Waals surface area contributed by atoms with Crippen LogP contribution in [0, 0.1) is 46.3 Å². The number of rotatable bonds is 6. The number of nitrogens with one attached hydrogen (secondary N) is 1. The lowest BCUT2D eigenvalue weighted by Gasteiger charge is -2.61. The fraction of sp³-hybridized carbons (Fsp3) is 0.800. The molecule has 35 heavy (non-hydrogen) atoms. The molecule has 5 heteroatoms. The molecule has 1 heterocycles. The van der Waals surface area contributed by atoms with Crippen LogP contribution in [0.5, 0.6) is 0 Å². The normalized spacial score (nSPS) is 42.5. The summed E-state index contributed by atoms with van der Waals surface area (Å²) in [5.74, 6) is 3.25. The molecule has 194 valence electrons. The second-order valence-corrected chi connectivity index (χ2v) is 14.0. The molecule has 4 fully saturated rings. The Bertz CT molecular complexity index is 930. The van der Waals surface area contributed by atoms with Gasteiger partial charge in [0.2, 0.25) is 5.91 Å². The summed E-state index contributed by atoms with van der Waals surface area (Å²) in [5, 5.41) is 16.8. The Morgan fingerprint density at radius 2 is 1.97 bits per heavy atom. The molecule has 0 aromatic carbocycles. The van der Waals surface area contributed by atoms with Gasteiger partial charge >= 0.3 is 0 Å². The van der Waals surface area contributed by atoms with Crippen molar-refractivity contribution >= 4 is 23.0 Å². The lowest BCUT2D eigenvalue weighted by atomic mass is 9.44. The maximum atomic E-state index is 13.1. The Labute approximate surface area is 215 Å². The summed E-state index contributed by atoms with van der Waals surface area (Å²) in [5.41, 5.74) is 0.410. The van der Waals surface area contributed by atoms with Gasteiger partial charge in [-0.05, 0) is 103 Å². The second-order valence-electron chi connectivity index (χ2n) is 13.0. The van der Waals surface area contributed by atoms with Gasteiger partial charge in [0.05, 0.1) is 12.1 Å². The van der Waals surface area contributed by atoms with E-state index in [-0.39, 0.29) is 28.9 Å². The summed E-state index contributed by atoms with van der Waals surface area (Å²) in [4.78, 5) is 26.5. The van der Waals surface area contributed by atoms with Crippen molar-refractivity contribution in [1.29, 1.82) is 0 Å². The first-order valence-electron chi connectivity index (χ1n) is 14.2. The van der Waals surface area contributed by atoms with Crippen molar-refractivity contribution in [3.8, 4) is 0 Å². The minimum absolute atomic E-state index is 0.116. The molecule has 1 aromatic heterocycles. The lowest BCUT2D eigenvalue weighted by molar-refractivity contribution is -0.169. The quantitative estimate of drug-likeness (QED) is 0.467. The van der Waals surface area contributed by atoms with E-state index in [4.69, 9.17) is 0 Å². The van der Waals surface area contributed by atoms with Crippen LogP contribution in [-0.4, -0.2) is 22.9 Å². The van der Waals surface area contributed by atoms with Crippen LogP contribution in [0.15, 0.2) is 17.5 Å². The Morgan fingerprint density at radius 3 is 2.69 bits per heavy atom. The third-order valence-electron chi connectivity index (χ3n) is 11.4. The zero-order chi connectivity index (χ0) is 25.0. The van der Waals surface area contributed by atoms with E-state index in [0.717, 1.165) is 25.7 Å². The predicted octanol–water partition coefficient (Wildman–Crippen LogP) is 6.54. The van der Waals surface area contributed by atoms with Crippen LogP contribution >= 0.6 is 11.3 Å². The van der Waals surface area contributed by atoms with Gasteiger partial charge in [0, 0.05) is 24.1 Å². The maximum absolute atomic E-state index is 13.1. The van der Waals surface area contributed by atoms with Crippen LogP contribution in [0.4, 0.5) is 0 Å². The first kappa shape index (κ1) is 25.4. The van der Waals surface area contributed by atoms with Crippen molar-refractivity contribution in [3.63, 3.8) is 0 Å². The highest BCUT2D eigenvalue weighted by Gasteiger charge is 2.62. The van der Waals surface area contributed by atoms with E-state index in [1.54, 1.807) is 11.3 Å². The van der Waals surface area contributed by atoms with Crippen LogP contribution in [-0.2, 0) is 9.59 Å². The van der Waals surface area contributed by atoms with Gasteiger partial charge in [0.1, 0.15) is 5.78 Å². The molecular formula is C30H45NO3S. The minimum Gasteiger partial charge on any atom is -0.393 e. The topological polar surface area (TPSA) is 66.4 Å². The molecular weight excluding hydrogens is 454 g/mol. The van der Waals surface area contributed by atoms with Gasteiger partial charge in [-0.2, -0.15) is 0 Å². The monoisotopic (exact) mass is 499 g/mol. The smallest absolute Gasteiger partial charge is 0.220 e. The molecule has 0 radical (unpaired) electrons. The summed E-state index contributed by atoms with van der Waals surface area (Å²) < 4.78 is 0. The third kappa shape index (κ3) is 4.33. The first-order chi connectivity index (χ1) is 16.7. The molecule has 4 nitrogen and oxygen atoms in total. The van der Waals surface area contributed by atoms with E-state index in [2.05, 4.69) is 50.5 Å². The number of thiophene rings is 1. The van der Waals surface area contributed by atoms with E-state index in [0.29, 0.717) is 54.1 Å². The van der Waals surface area contributed by atoms with Gasteiger partial charge < -0.3 is 10.4 Å². The molecule has 10 atom stereocenters. The average molecular weight is 500 g/mol. The molecule has 2 unspecified atom stereocenters. The van der Waals surface area contributed by atoms with Crippen LogP contribution in [0.1, 0.15) is 103 Å². The van der Waals surface area contributed by atoms with Crippen molar-refractivity contribution in [2.45, 2.75) is 104 Å². The number of aliphatic hydroxyl groups is 1. The molecule has 1 amide bonds. The molecule has 4 saturated carbocycles. The first-order valence-corrected chi connectivity index (χ1v) is 15.1. The molecule has 2 N–H and O–H groups in total. The van der Waals surface area contributed by atoms with Crippen LogP contribution < -0.4 is 5.32 Å². The summed E-state index contributed by atoms with van der Waals surface area (Å²) in [6, 6.07) is 4.29. The fourth-order valence-electron chi connectivity index (χ4n) is 9.54. The van der Waals surface area contributed by atoms with E-state index >= 15 is 0 Å². The zero-order valence-electron chi connectivity index (χ0n) is 22.1. The zero-order valence-corrected chi connectivity index (χ0v) is 22.9. The average Bonchev–Trinajstić information content (AvgIpc) is 3.46. The van der Waals surface area contributed by atoms with E-state index in [9.17, 15) is 14.7 Å². The molecule has 0 spiro atoms. The Kier molecular flexibility index (Phi) is 6.98. The predicted molar refractivity (Wildman–Crippen MR) is 141 cm³/mol. The number of Topliss-reactive ketones (excluding diaryl/α,β-unsaturated/α-hetero) is 1. The highest BCUT2D eigenvalue weighted by atomic mass is 32.1. The van der Waals surface area contributed by atoms with Crippen molar-refractivity contribution in [3.05, 3.63) is 22.4 Å². The van der Waals surface area contributed by atoms with Gasteiger partial charge in [-0.3, -0.25) is 9.59 Å². The molecule has 0 saturated heterocycles. The van der Waals surface area contributed by atoms with E-state index < -0.39 is 0 Å². The fourth-order valence-corrected chi connectivity index (χ4v) is 10.4. The van der Waals surface area contributed by atoms with Gasteiger partial charge in [-0.15, -0.1) is 11.3 Å². The summed E-state index contributed by atoms with van der Waals surface area (Å²) in [7, 11) is 0. The van der Waals surface area contributed by atoms with Gasteiger partial charge in [-0.1, -0.05) is 33.8 Å². The van der Waals surface area contributed by atoms with Gasteiger partial charge in [0.15, 0.2) is 0 Å². The standard InChI is InChI=1S/C30H45NO3S/c1-5-24(26-7-6-14-35-26)31-27(34)15-18(2)21-8-9-22-28-23(11-13-30(21,22)4)29(3)12-10-20(32)16-19(29)17-25(28)33/h6-7,14,18-19,21-25,28,33H,5,8-13,15-17H2,1-4H3,(H,31,34)/t18-,19+,21?,22+,23+,24?,25-,28+,29+,30-/m1/s1. The van der Waals surface area contributed by atoms with Gasteiger partial charge in [0.25, 0.3) is 0 Å². The number of aliphatic hydroxyl groups excluding tert-OH is 1. The van der Waals surface area contributed by atoms with E-state index in [1.807, 2.05) is 0 Å². The number of amides is 1. The largest absolute Gasteiger partial charge is 0.393 e. The van der Waals surface area contributed by atoms with Crippen molar-refractivity contribution in [1.82, 2.24) is 5.32 Å². The molecule has 5 rings (SSSR count). The molecule has 0 bridgehead atoms. The Morgan fingerprint density at radius 1 is 1.20 bits per heavy atom. The second kappa shape index (κ2) is 9.59. The Hall–Kier alpha value is -1.20. The van der Waals surface area contributed by atoms with Crippen LogP contribution in [0.25, 0.3) is 0 Å². The minimum atomic E-state index is -0.276. The summed E-state index contributed by atoms with van der Waals surface area (Å²) in [6.45, 7) is 9.34. The van der Waals surface area contributed by atoms with Crippen molar-refractivity contribution < 1.29 is 14.7 Å². The number of carbonyl (C=O) groups excluding carboxylic acids is 2. The van der Waals surface area contributed by atoms with Crippen LogP contribution in [0.3, 0.4) is 0 Å². The molecule has 4 aliphatic carbocycles. The highest BCUT2D eigenvalue weighted by Crippen LogP contribution is 2.68. The third-order valence-corrected chi connectivity index (χ3v) is 12.4.